The van der Waals surface area contributed by atoms with Gasteiger partial charge in [0.15, 0.2) is 5.79 Å². The van der Waals surface area contributed by atoms with Crippen LogP contribution in [0.25, 0.3) is 0 Å². The molecule has 1 spiro atoms. The molecule has 0 unspecified atom stereocenters. The van der Waals surface area contributed by atoms with Crippen LogP contribution >= 0.6 is 0 Å². The number of nitrogens with two attached hydrogens (primary N) is 1. The molecule has 3 rings (SSSR count). The van der Waals surface area contributed by atoms with E-state index >= 15 is 0 Å². The molecule has 2 N–H and O–H groups in total. The van der Waals surface area contributed by atoms with Gasteiger partial charge in [0.1, 0.15) is 6.54 Å². The quantitative estimate of drug-likeness (QED) is 0.815. The number of hydrogen-bond donors (Lipinski definition) is 1. The number of anilines is 1. The van der Waals surface area contributed by atoms with Crippen molar-refractivity contribution in [1.29, 1.82) is 0 Å². The summed E-state index contributed by atoms with van der Waals surface area (Å²) in [6, 6.07) is 2.90. The van der Waals surface area contributed by atoms with E-state index in [0.717, 1.165) is 0 Å². The highest BCUT2D eigenvalue weighted by atomic mass is 16.7. The van der Waals surface area contributed by atoms with Gasteiger partial charge in [0.25, 0.3) is 5.56 Å². The van der Waals surface area contributed by atoms with Crippen LogP contribution in [0, 0.1) is 0 Å². The van der Waals surface area contributed by atoms with E-state index in [4.69, 9.17) is 15.2 Å². The Morgan fingerprint density at radius 3 is 2.57 bits per heavy atom. The number of ether oxygens (including phenoxy) is 2. The molecule has 2 aliphatic heterocycles. The van der Waals surface area contributed by atoms with Crippen LogP contribution in [0.5, 0.6) is 0 Å². The summed E-state index contributed by atoms with van der Waals surface area (Å²) in [7, 11) is 0. The first-order valence-corrected chi connectivity index (χ1v) is 7.10. The van der Waals surface area contributed by atoms with Crippen LogP contribution in [-0.2, 0) is 20.8 Å². The van der Waals surface area contributed by atoms with Crippen molar-refractivity contribution in [2.75, 3.05) is 32.0 Å². The number of nitrogens with zero attached hydrogens (tertiary/aromatic N) is 2. The highest BCUT2D eigenvalue weighted by Crippen LogP contribution is 2.31. The van der Waals surface area contributed by atoms with Gasteiger partial charge in [-0.3, -0.25) is 9.59 Å². The van der Waals surface area contributed by atoms with Crippen molar-refractivity contribution < 1.29 is 14.3 Å². The second-order valence-corrected chi connectivity index (χ2v) is 5.42. The minimum atomic E-state index is -0.495. The van der Waals surface area contributed by atoms with E-state index < -0.39 is 5.79 Å². The molecule has 7 nitrogen and oxygen atoms in total. The van der Waals surface area contributed by atoms with Crippen molar-refractivity contribution in [3.05, 3.63) is 28.7 Å². The van der Waals surface area contributed by atoms with Gasteiger partial charge in [-0.05, 0) is 6.07 Å². The van der Waals surface area contributed by atoms with Crippen LogP contribution in [0.1, 0.15) is 12.8 Å². The highest BCUT2D eigenvalue weighted by Gasteiger charge is 2.40. The van der Waals surface area contributed by atoms with Gasteiger partial charge >= 0.3 is 0 Å². The van der Waals surface area contributed by atoms with Crippen LogP contribution in [0.4, 0.5) is 5.69 Å². The Morgan fingerprint density at radius 1 is 1.24 bits per heavy atom. The van der Waals surface area contributed by atoms with Crippen LogP contribution in [0.2, 0.25) is 0 Å². The lowest BCUT2D eigenvalue weighted by atomic mass is 10.0. The maximum atomic E-state index is 12.3. The van der Waals surface area contributed by atoms with Crippen LogP contribution in [0.15, 0.2) is 23.1 Å². The number of likely N-dealkylation sites (tertiary alicyclic amines) is 1. The summed E-state index contributed by atoms with van der Waals surface area (Å²) in [6.07, 6.45) is 2.84. The zero-order chi connectivity index (χ0) is 14.9. The van der Waals surface area contributed by atoms with Crippen LogP contribution in [0.3, 0.4) is 0 Å². The Morgan fingerprint density at radius 2 is 1.90 bits per heavy atom. The number of aromatic nitrogens is 1. The van der Waals surface area contributed by atoms with Gasteiger partial charge in [0.05, 0.1) is 13.2 Å². The number of piperidine rings is 1. The van der Waals surface area contributed by atoms with Gasteiger partial charge in [-0.1, -0.05) is 0 Å². The van der Waals surface area contributed by atoms with Crippen LogP contribution < -0.4 is 11.3 Å². The summed E-state index contributed by atoms with van der Waals surface area (Å²) >= 11 is 0. The van der Waals surface area contributed by atoms with Gasteiger partial charge in [0, 0.05) is 43.9 Å². The van der Waals surface area contributed by atoms with Crippen molar-refractivity contribution in [3.8, 4) is 0 Å². The van der Waals surface area contributed by atoms with E-state index in [2.05, 4.69) is 0 Å². The molecule has 1 aromatic heterocycles. The average molecular weight is 293 g/mol. The third-order valence-corrected chi connectivity index (χ3v) is 4.00. The fraction of sp³-hybridized carbons (Fsp3) is 0.571. The first-order valence-electron chi connectivity index (χ1n) is 7.10. The molecular formula is C14H19N3O4. The fourth-order valence-electron chi connectivity index (χ4n) is 2.80. The number of hydrogen-bond acceptors (Lipinski definition) is 5. The van der Waals surface area contributed by atoms with E-state index in [-0.39, 0.29) is 18.0 Å². The zero-order valence-corrected chi connectivity index (χ0v) is 11.8. The predicted octanol–water partition coefficient (Wildman–Crippen LogP) is -0.204. The summed E-state index contributed by atoms with van der Waals surface area (Å²) in [5, 5.41) is 0. The average Bonchev–Trinajstić information content (AvgIpc) is 2.92. The Hall–Kier alpha value is -1.86. The Labute approximate surface area is 122 Å². The van der Waals surface area contributed by atoms with Crippen molar-refractivity contribution >= 4 is 11.6 Å². The molecule has 0 bridgehead atoms. The van der Waals surface area contributed by atoms with Crippen molar-refractivity contribution in [1.82, 2.24) is 9.47 Å². The molecule has 0 aliphatic carbocycles. The van der Waals surface area contributed by atoms with Gasteiger partial charge in [-0.25, -0.2) is 0 Å². The molecule has 21 heavy (non-hydrogen) atoms. The third kappa shape index (κ3) is 2.93. The lowest BCUT2D eigenvalue weighted by molar-refractivity contribution is -0.187. The summed E-state index contributed by atoms with van der Waals surface area (Å²) in [5.74, 6) is -0.583. The number of amides is 1. The second-order valence-electron chi connectivity index (χ2n) is 5.42. The summed E-state index contributed by atoms with van der Waals surface area (Å²) in [5.41, 5.74) is 5.88. The molecule has 0 saturated carbocycles. The number of rotatable bonds is 2. The van der Waals surface area contributed by atoms with Crippen molar-refractivity contribution in [2.24, 2.45) is 0 Å². The van der Waals surface area contributed by atoms with E-state index in [1.165, 1.54) is 22.9 Å². The fourth-order valence-corrected chi connectivity index (χ4v) is 2.80. The van der Waals surface area contributed by atoms with E-state index in [1.54, 1.807) is 4.90 Å². The highest BCUT2D eigenvalue weighted by molar-refractivity contribution is 5.76. The molecule has 2 aliphatic rings. The molecule has 3 heterocycles. The smallest absolute Gasteiger partial charge is 0.251 e. The molecule has 1 aromatic rings. The van der Waals surface area contributed by atoms with Gasteiger partial charge in [-0.15, -0.1) is 0 Å². The monoisotopic (exact) mass is 293 g/mol. The molecule has 1 amide bonds. The number of nitrogen functional groups attached to an aromatic ring is 1. The molecule has 114 valence electrons. The lowest BCUT2D eigenvalue weighted by Gasteiger charge is -2.37. The van der Waals surface area contributed by atoms with Crippen molar-refractivity contribution in [3.63, 3.8) is 0 Å². The van der Waals surface area contributed by atoms with Gasteiger partial charge < -0.3 is 24.7 Å². The van der Waals surface area contributed by atoms with E-state index in [9.17, 15) is 9.59 Å². The molecule has 2 saturated heterocycles. The molecule has 0 aromatic carbocycles. The lowest BCUT2D eigenvalue weighted by Crippen LogP contribution is -2.48. The zero-order valence-electron chi connectivity index (χ0n) is 11.8. The predicted molar refractivity (Wildman–Crippen MR) is 75.6 cm³/mol. The minimum absolute atomic E-state index is 0.0125. The van der Waals surface area contributed by atoms with Crippen molar-refractivity contribution in [2.45, 2.75) is 25.2 Å². The Balaban J connectivity index is 1.62. The molecule has 7 heteroatoms. The maximum absolute atomic E-state index is 12.3. The van der Waals surface area contributed by atoms with Crippen LogP contribution in [-0.4, -0.2) is 47.5 Å². The number of carbonyl (C=O) groups is 1. The molecule has 0 radical (unpaired) electrons. The first kappa shape index (κ1) is 14.1. The summed E-state index contributed by atoms with van der Waals surface area (Å²) < 4.78 is 12.6. The molecule has 0 atom stereocenters. The van der Waals surface area contributed by atoms with Gasteiger partial charge in [0.2, 0.25) is 5.91 Å². The summed E-state index contributed by atoms with van der Waals surface area (Å²) in [6.45, 7) is 2.41. The number of pyridine rings is 1. The minimum Gasteiger partial charge on any atom is -0.398 e. The van der Waals surface area contributed by atoms with E-state index in [0.29, 0.717) is 44.8 Å². The Bertz CT molecular complexity index is 582. The SMILES string of the molecule is Nc1ccc(=O)n(CC(=O)N2CCC3(CC2)OCCO3)c1. The Kier molecular flexibility index (Phi) is 3.69. The molecular weight excluding hydrogens is 274 g/mol. The standard InChI is InChI=1S/C14H19N3O4/c15-11-1-2-12(18)17(9-11)10-13(19)16-5-3-14(4-6-16)20-7-8-21-14/h1-2,9H,3-8,10,15H2. The maximum Gasteiger partial charge on any atom is 0.251 e. The number of carbonyl (C=O) groups excluding carboxylic acids is 1. The topological polar surface area (TPSA) is 86.8 Å². The molecule has 2 fully saturated rings. The van der Waals surface area contributed by atoms with E-state index in [1.807, 2.05) is 0 Å². The first-order chi connectivity index (χ1) is 10.1. The summed E-state index contributed by atoms with van der Waals surface area (Å²) in [4.78, 5) is 25.7. The third-order valence-electron chi connectivity index (χ3n) is 4.00. The largest absolute Gasteiger partial charge is 0.398 e. The van der Waals surface area contributed by atoms with Gasteiger partial charge in [-0.2, -0.15) is 0 Å². The second kappa shape index (κ2) is 5.50. The normalized spacial score (nSPS) is 20.9.